The zero-order valence-corrected chi connectivity index (χ0v) is 11.5. The first-order valence-electron chi connectivity index (χ1n) is 6.45. The quantitative estimate of drug-likeness (QED) is 0.136. The Balaban J connectivity index is 3.84. The lowest BCUT2D eigenvalue weighted by atomic mass is 10.2. The van der Waals surface area contributed by atoms with Crippen LogP contribution in [0.1, 0.15) is 19.3 Å². The molecular weight excluding hydrogens is 288 g/mol. The van der Waals surface area contributed by atoms with Gasteiger partial charge >= 0.3 is 11.9 Å². The van der Waals surface area contributed by atoms with Gasteiger partial charge in [0.2, 0.25) is 0 Å². The number of carboxylic acids is 2. The number of carbonyl (C=O) groups is 2. The van der Waals surface area contributed by atoms with Crippen molar-refractivity contribution in [2.45, 2.75) is 31.3 Å². The SMILES string of the molecule is O=C(O)CC(NCCCNC(CCOO)COO)C(=O)O. The number of rotatable bonds is 14. The van der Waals surface area contributed by atoms with E-state index in [0.29, 0.717) is 25.9 Å². The van der Waals surface area contributed by atoms with Crippen molar-refractivity contribution in [1.29, 1.82) is 0 Å². The van der Waals surface area contributed by atoms with E-state index in [9.17, 15) is 9.59 Å². The molecule has 0 bridgehead atoms. The van der Waals surface area contributed by atoms with Gasteiger partial charge < -0.3 is 20.8 Å². The lowest BCUT2D eigenvalue weighted by Crippen LogP contribution is -2.41. The van der Waals surface area contributed by atoms with E-state index in [0.717, 1.165) is 0 Å². The summed E-state index contributed by atoms with van der Waals surface area (Å²) in [5, 5.41) is 39.6. The largest absolute Gasteiger partial charge is 0.481 e. The first kappa shape index (κ1) is 19.7. The van der Waals surface area contributed by atoms with Crippen molar-refractivity contribution in [3.63, 3.8) is 0 Å². The van der Waals surface area contributed by atoms with Gasteiger partial charge in [0.05, 0.1) is 19.6 Å². The van der Waals surface area contributed by atoms with Gasteiger partial charge in [-0.3, -0.25) is 20.1 Å². The summed E-state index contributed by atoms with van der Waals surface area (Å²) in [5.74, 6) is -2.39. The molecule has 0 aromatic heterocycles. The Morgan fingerprint density at radius 2 is 1.71 bits per heavy atom. The zero-order valence-electron chi connectivity index (χ0n) is 11.5. The molecule has 2 unspecified atom stereocenters. The summed E-state index contributed by atoms with van der Waals surface area (Å²) >= 11 is 0. The first-order chi connectivity index (χ1) is 10.0. The monoisotopic (exact) mass is 310 g/mol. The van der Waals surface area contributed by atoms with Crippen LogP contribution in [0.4, 0.5) is 0 Å². The molecule has 21 heavy (non-hydrogen) atoms. The van der Waals surface area contributed by atoms with Crippen LogP contribution in [0.2, 0.25) is 0 Å². The molecule has 2 atom stereocenters. The van der Waals surface area contributed by atoms with Gasteiger partial charge in [0, 0.05) is 6.04 Å². The third-order valence-corrected chi connectivity index (χ3v) is 2.69. The molecule has 0 heterocycles. The maximum atomic E-state index is 10.8. The zero-order chi connectivity index (χ0) is 16.1. The summed E-state index contributed by atoms with van der Waals surface area (Å²) in [4.78, 5) is 29.2. The second-order valence-corrected chi connectivity index (χ2v) is 4.37. The van der Waals surface area contributed by atoms with Gasteiger partial charge in [0.1, 0.15) is 6.04 Å². The highest BCUT2D eigenvalue weighted by molar-refractivity contribution is 5.80. The first-order valence-corrected chi connectivity index (χ1v) is 6.45. The fraction of sp³-hybridized carbons (Fsp3) is 0.818. The summed E-state index contributed by atoms with van der Waals surface area (Å²) in [5.41, 5.74) is 0. The Bertz CT molecular complexity index is 302. The summed E-state index contributed by atoms with van der Waals surface area (Å²) in [6, 6.07) is -1.35. The second kappa shape index (κ2) is 12.4. The third-order valence-electron chi connectivity index (χ3n) is 2.69. The fourth-order valence-corrected chi connectivity index (χ4v) is 1.62. The molecule has 6 N–H and O–H groups in total. The van der Waals surface area contributed by atoms with Crippen LogP contribution in [0.5, 0.6) is 0 Å². The van der Waals surface area contributed by atoms with Gasteiger partial charge in [0.25, 0.3) is 0 Å². The third kappa shape index (κ3) is 11.1. The molecule has 0 aromatic carbocycles. The normalized spacial score (nSPS) is 13.8. The standard InChI is InChI=1S/C11H22N2O8/c14-10(15)6-9(11(16)17)13-4-1-3-12-8(7-21-19)2-5-20-18/h8-9,12-13,18-19H,1-7H2,(H,14,15)(H,16,17). The van der Waals surface area contributed by atoms with Crippen LogP contribution < -0.4 is 10.6 Å². The van der Waals surface area contributed by atoms with Crippen molar-refractivity contribution in [3.05, 3.63) is 0 Å². The Morgan fingerprint density at radius 1 is 1.05 bits per heavy atom. The van der Waals surface area contributed by atoms with Crippen LogP contribution in [0.25, 0.3) is 0 Å². The van der Waals surface area contributed by atoms with Crippen molar-refractivity contribution in [2.24, 2.45) is 0 Å². The molecule has 0 aliphatic rings. The number of nitrogens with one attached hydrogen (secondary N) is 2. The summed E-state index contributed by atoms with van der Waals surface area (Å²) in [6.45, 7) is 0.916. The molecule has 0 saturated heterocycles. The molecule has 10 nitrogen and oxygen atoms in total. The highest BCUT2D eigenvalue weighted by Gasteiger charge is 2.19. The fourth-order valence-electron chi connectivity index (χ4n) is 1.62. The Morgan fingerprint density at radius 3 is 2.24 bits per heavy atom. The molecule has 10 heteroatoms. The van der Waals surface area contributed by atoms with E-state index in [4.69, 9.17) is 20.7 Å². The van der Waals surface area contributed by atoms with Gasteiger partial charge in [-0.05, 0) is 25.9 Å². The lowest BCUT2D eigenvalue weighted by molar-refractivity contribution is -0.257. The van der Waals surface area contributed by atoms with Crippen LogP contribution in [0.15, 0.2) is 0 Å². The predicted molar refractivity (Wildman–Crippen MR) is 69.9 cm³/mol. The molecule has 0 saturated carbocycles. The average molecular weight is 310 g/mol. The maximum Gasteiger partial charge on any atom is 0.321 e. The average Bonchev–Trinajstić information content (AvgIpc) is 2.42. The second-order valence-electron chi connectivity index (χ2n) is 4.37. The molecule has 0 fully saturated rings. The highest BCUT2D eigenvalue weighted by atomic mass is 17.1. The maximum absolute atomic E-state index is 10.8. The van der Waals surface area contributed by atoms with E-state index < -0.39 is 24.4 Å². The van der Waals surface area contributed by atoms with Crippen LogP contribution in [0.3, 0.4) is 0 Å². The number of carboxylic acid groups (broad SMARTS) is 2. The van der Waals surface area contributed by atoms with Crippen molar-refractivity contribution < 1.29 is 40.1 Å². The topological polar surface area (TPSA) is 158 Å². The summed E-state index contributed by atoms with van der Waals surface area (Å²) in [7, 11) is 0. The van der Waals surface area contributed by atoms with Crippen molar-refractivity contribution in [1.82, 2.24) is 10.6 Å². The molecule has 0 amide bonds. The Hall–Kier alpha value is -1.30. The molecule has 0 spiro atoms. The van der Waals surface area contributed by atoms with E-state index >= 15 is 0 Å². The minimum absolute atomic E-state index is 0.0214. The lowest BCUT2D eigenvalue weighted by Gasteiger charge is -2.17. The number of aliphatic carboxylic acids is 2. The number of hydrogen-bond donors (Lipinski definition) is 6. The summed E-state index contributed by atoms with van der Waals surface area (Å²) in [6.07, 6.45) is 0.476. The Labute approximate surface area is 121 Å². The van der Waals surface area contributed by atoms with Gasteiger partial charge in [0.15, 0.2) is 0 Å². The van der Waals surface area contributed by atoms with Crippen LogP contribution in [-0.2, 0) is 19.4 Å². The molecule has 0 aliphatic carbocycles. The van der Waals surface area contributed by atoms with E-state index in [1.165, 1.54) is 0 Å². The molecule has 0 aliphatic heterocycles. The van der Waals surface area contributed by atoms with E-state index in [-0.39, 0.29) is 19.3 Å². The summed E-state index contributed by atoms with van der Waals surface area (Å²) < 4.78 is 0. The van der Waals surface area contributed by atoms with Gasteiger partial charge in [-0.15, -0.1) is 0 Å². The molecule has 0 aromatic rings. The van der Waals surface area contributed by atoms with Crippen molar-refractivity contribution in [2.75, 3.05) is 26.3 Å². The molecule has 124 valence electrons. The molecule has 0 radical (unpaired) electrons. The van der Waals surface area contributed by atoms with Crippen molar-refractivity contribution >= 4 is 11.9 Å². The van der Waals surface area contributed by atoms with Gasteiger partial charge in [-0.25, -0.2) is 9.78 Å². The van der Waals surface area contributed by atoms with Crippen LogP contribution in [0, 0.1) is 0 Å². The highest BCUT2D eigenvalue weighted by Crippen LogP contribution is 1.95. The van der Waals surface area contributed by atoms with Gasteiger partial charge in [-0.1, -0.05) is 0 Å². The molecular formula is C11H22N2O8. The molecule has 0 rings (SSSR count). The van der Waals surface area contributed by atoms with Crippen molar-refractivity contribution in [3.8, 4) is 0 Å². The van der Waals surface area contributed by atoms with Crippen LogP contribution >= 0.6 is 0 Å². The number of hydrogen-bond acceptors (Lipinski definition) is 8. The Kier molecular flexibility index (Phi) is 11.7. The smallest absolute Gasteiger partial charge is 0.321 e. The van der Waals surface area contributed by atoms with Crippen LogP contribution in [-0.4, -0.2) is 71.1 Å². The predicted octanol–water partition coefficient (Wildman–Crippen LogP) is -0.778. The van der Waals surface area contributed by atoms with E-state index in [2.05, 4.69) is 20.4 Å². The van der Waals surface area contributed by atoms with E-state index in [1.54, 1.807) is 0 Å². The minimum atomic E-state index is -1.21. The minimum Gasteiger partial charge on any atom is -0.481 e. The van der Waals surface area contributed by atoms with E-state index in [1.807, 2.05) is 0 Å². The van der Waals surface area contributed by atoms with Gasteiger partial charge in [-0.2, -0.15) is 0 Å².